The lowest BCUT2D eigenvalue weighted by molar-refractivity contribution is -0.120. The van der Waals surface area contributed by atoms with Gasteiger partial charge in [0.15, 0.2) is 5.82 Å². The molecule has 136 valence electrons. The van der Waals surface area contributed by atoms with Crippen molar-refractivity contribution in [3.8, 4) is 11.8 Å². The average Bonchev–Trinajstić information content (AvgIpc) is 2.93. The standard InChI is InChI=1S/C14H12FN5O5S/c15-8-5-16-14(17-6-8)25-9-1-3-10(4-2-9)26(23,24)18-7-11-12(21)20-13(22)19-11/h1-6,11,18H,7H2,(H2,19,20,21,22)/t11-/m0/s1. The predicted molar refractivity (Wildman–Crippen MR) is 84.2 cm³/mol. The van der Waals surface area contributed by atoms with Crippen LogP contribution in [0.1, 0.15) is 0 Å². The molecule has 1 saturated heterocycles. The molecule has 1 aliphatic rings. The molecule has 0 unspecified atom stereocenters. The molecule has 2 heterocycles. The van der Waals surface area contributed by atoms with Crippen molar-refractivity contribution in [2.45, 2.75) is 10.9 Å². The van der Waals surface area contributed by atoms with E-state index >= 15 is 0 Å². The Morgan fingerprint density at radius 3 is 2.38 bits per heavy atom. The van der Waals surface area contributed by atoms with E-state index in [2.05, 4.69) is 20.0 Å². The lowest BCUT2D eigenvalue weighted by Gasteiger charge is -2.10. The molecule has 0 bridgehead atoms. The van der Waals surface area contributed by atoms with Crippen LogP contribution in [0.2, 0.25) is 0 Å². The molecule has 12 heteroatoms. The van der Waals surface area contributed by atoms with Crippen molar-refractivity contribution in [2.24, 2.45) is 0 Å². The molecule has 3 N–H and O–H groups in total. The SMILES string of the molecule is O=C1NC(=O)[C@H](CNS(=O)(=O)c2ccc(Oc3ncc(F)cn3)cc2)N1. The third-order valence-corrected chi connectivity index (χ3v) is 4.72. The summed E-state index contributed by atoms with van der Waals surface area (Å²) < 4.78 is 44.7. The number of sulfonamides is 1. The zero-order valence-corrected chi connectivity index (χ0v) is 13.8. The maximum absolute atomic E-state index is 12.7. The number of imide groups is 1. The molecule has 10 nitrogen and oxygen atoms in total. The Morgan fingerprint density at radius 2 is 1.81 bits per heavy atom. The number of urea groups is 1. The van der Waals surface area contributed by atoms with E-state index in [0.29, 0.717) is 0 Å². The van der Waals surface area contributed by atoms with Gasteiger partial charge < -0.3 is 10.1 Å². The van der Waals surface area contributed by atoms with Gasteiger partial charge in [-0.05, 0) is 24.3 Å². The van der Waals surface area contributed by atoms with Crippen LogP contribution in [0.3, 0.4) is 0 Å². The van der Waals surface area contributed by atoms with Gasteiger partial charge in [0, 0.05) is 6.54 Å². The first-order valence-electron chi connectivity index (χ1n) is 7.20. The van der Waals surface area contributed by atoms with Gasteiger partial charge >= 0.3 is 12.0 Å². The van der Waals surface area contributed by atoms with Crippen LogP contribution in [0, 0.1) is 5.82 Å². The Morgan fingerprint density at radius 1 is 1.15 bits per heavy atom. The van der Waals surface area contributed by atoms with Crippen LogP contribution in [-0.2, 0) is 14.8 Å². The summed E-state index contributed by atoms with van der Waals surface area (Å²) in [5.74, 6) is -0.976. The normalized spacial score (nSPS) is 16.9. The van der Waals surface area contributed by atoms with E-state index in [1.807, 2.05) is 5.32 Å². The van der Waals surface area contributed by atoms with Crippen LogP contribution in [0.25, 0.3) is 0 Å². The number of carbonyl (C=O) groups excluding carboxylic acids is 2. The minimum Gasteiger partial charge on any atom is -0.424 e. The highest BCUT2D eigenvalue weighted by Crippen LogP contribution is 2.20. The Bertz CT molecular complexity index is 933. The number of nitrogens with zero attached hydrogens (tertiary/aromatic N) is 2. The number of hydrogen-bond donors (Lipinski definition) is 3. The van der Waals surface area contributed by atoms with Crippen molar-refractivity contribution >= 4 is 22.0 Å². The van der Waals surface area contributed by atoms with E-state index in [0.717, 1.165) is 12.4 Å². The molecule has 1 atom stereocenters. The van der Waals surface area contributed by atoms with Gasteiger partial charge in [0.1, 0.15) is 11.8 Å². The number of rotatable bonds is 6. The van der Waals surface area contributed by atoms with Crippen molar-refractivity contribution in [3.63, 3.8) is 0 Å². The second kappa shape index (κ2) is 7.01. The Hall–Kier alpha value is -3.12. The highest BCUT2D eigenvalue weighted by Gasteiger charge is 2.30. The number of amides is 3. The van der Waals surface area contributed by atoms with Crippen molar-refractivity contribution in [3.05, 3.63) is 42.5 Å². The Labute approximate surface area is 146 Å². The van der Waals surface area contributed by atoms with Gasteiger partial charge in [0.2, 0.25) is 10.0 Å². The summed E-state index contributed by atoms with van der Waals surface area (Å²) in [6, 6.07) is 3.53. The summed E-state index contributed by atoms with van der Waals surface area (Å²) in [6.07, 6.45) is 1.87. The first kappa shape index (κ1) is 17.7. The molecule has 1 aliphatic heterocycles. The third kappa shape index (κ3) is 4.10. The number of benzene rings is 1. The number of aromatic nitrogens is 2. The minimum absolute atomic E-state index is 0.0744. The summed E-state index contributed by atoms with van der Waals surface area (Å²) in [4.78, 5) is 29.6. The molecular formula is C14H12FN5O5S. The topological polar surface area (TPSA) is 139 Å². The maximum Gasteiger partial charge on any atom is 0.322 e. The smallest absolute Gasteiger partial charge is 0.322 e. The van der Waals surface area contributed by atoms with Gasteiger partial charge in [0.25, 0.3) is 5.91 Å². The maximum atomic E-state index is 12.7. The summed E-state index contributed by atoms with van der Waals surface area (Å²) in [5, 5.41) is 4.28. The first-order chi connectivity index (χ1) is 12.3. The molecule has 26 heavy (non-hydrogen) atoms. The average molecular weight is 381 g/mol. The van der Waals surface area contributed by atoms with Crippen molar-refractivity contribution in [1.82, 2.24) is 25.3 Å². The van der Waals surface area contributed by atoms with E-state index in [4.69, 9.17) is 4.74 Å². The zero-order valence-electron chi connectivity index (χ0n) is 13.0. The second-order valence-corrected chi connectivity index (χ2v) is 6.89. The predicted octanol–water partition coefficient (Wildman–Crippen LogP) is -0.106. The van der Waals surface area contributed by atoms with E-state index in [-0.39, 0.29) is 23.2 Å². The number of halogens is 1. The minimum atomic E-state index is -3.90. The largest absolute Gasteiger partial charge is 0.424 e. The Kier molecular flexibility index (Phi) is 4.77. The third-order valence-electron chi connectivity index (χ3n) is 3.28. The van der Waals surface area contributed by atoms with Crippen LogP contribution in [0.5, 0.6) is 11.8 Å². The van der Waals surface area contributed by atoms with Gasteiger partial charge in [-0.3, -0.25) is 10.1 Å². The molecule has 0 saturated carbocycles. The second-order valence-electron chi connectivity index (χ2n) is 5.12. The number of hydrogen-bond acceptors (Lipinski definition) is 7. The van der Waals surface area contributed by atoms with Crippen molar-refractivity contribution in [2.75, 3.05) is 6.54 Å². The zero-order chi connectivity index (χ0) is 18.7. The molecule has 3 amide bonds. The van der Waals surface area contributed by atoms with Gasteiger partial charge in [0.05, 0.1) is 17.3 Å². The van der Waals surface area contributed by atoms with Gasteiger partial charge in [-0.25, -0.2) is 32.3 Å². The van der Waals surface area contributed by atoms with Gasteiger partial charge in [-0.15, -0.1) is 0 Å². The van der Waals surface area contributed by atoms with E-state index < -0.39 is 33.8 Å². The van der Waals surface area contributed by atoms with Crippen LogP contribution in [0.15, 0.2) is 41.6 Å². The van der Waals surface area contributed by atoms with Crippen LogP contribution in [-0.4, -0.2) is 42.9 Å². The number of ether oxygens (including phenoxy) is 1. The molecule has 0 aliphatic carbocycles. The summed E-state index contributed by atoms with van der Waals surface area (Å²) in [5.41, 5.74) is 0. The van der Waals surface area contributed by atoms with Crippen molar-refractivity contribution in [1.29, 1.82) is 0 Å². The molecular weight excluding hydrogens is 369 g/mol. The number of carbonyl (C=O) groups is 2. The Balaban J connectivity index is 1.64. The summed E-state index contributed by atoms with van der Waals surface area (Å²) in [6.45, 7) is -0.290. The fourth-order valence-electron chi connectivity index (χ4n) is 2.02. The lowest BCUT2D eigenvalue weighted by Crippen LogP contribution is -2.41. The van der Waals surface area contributed by atoms with Crippen molar-refractivity contribution < 1.29 is 27.1 Å². The van der Waals surface area contributed by atoms with E-state index in [1.165, 1.54) is 24.3 Å². The number of nitrogens with one attached hydrogen (secondary N) is 3. The molecule has 1 aromatic carbocycles. The quantitative estimate of drug-likeness (QED) is 0.594. The molecule has 1 aromatic heterocycles. The first-order valence-corrected chi connectivity index (χ1v) is 8.68. The highest BCUT2D eigenvalue weighted by molar-refractivity contribution is 7.89. The molecule has 0 spiro atoms. The van der Waals surface area contributed by atoms with Crippen LogP contribution in [0.4, 0.5) is 9.18 Å². The van der Waals surface area contributed by atoms with Gasteiger partial charge in [-0.1, -0.05) is 0 Å². The van der Waals surface area contributed by atoms with Gasteiger partial charge in [-0.2, -0.15) is 0 Å². The lowest BCUT2D eigenvalue weighted by atomic mass is 10.3. The molecule has 3 rings (SSSR count). The van der Waals surface area contributed by atoms with E-state index in [9.17, 15) is 22.4 Å². The van der Waals surface area contributed by atoms with Crippen LogP contribution >= 0.6 is 0 Å². The fourth-order valence-corrected chi connectivity index (χ4v) is 3.07. The molecule has 2 aromatic rings. The van der Waals surface area contributed by atoms with Crippen LogP contribution < -0.4 is 20.1 Å². The fraction of sp³-hybridized carbons (Fsp3) is 0.143. The highest BCUT2D eigenvalue weighted by atomic mass is 32.2. The summed E-state index contributed by atoms with van der Waals surface area (Å²) in [7, 11) is -3.90. The summed E-state index contributed by atoms with van der Waals surface area (Å²) >= 11 is 0. The molecule has 1 fully saturated rings. The molecule has 0 radical (unpaired) electrons. The monoisotopic (exact) mass is 381 g/mol. The van der Waals surface area contributed by atoms with E-state index in [1.54, 1.807) is 0 Å².